The summed E-state index contributed by atoms with van der Waals surface area (Å²) < 4.78 is 7.31. The number of nitrogens with zero attached hydrogens (tertiary/aromatic N) is 1. The molecule has 0 N–H and O–H groups in total. The first-order chi connectivity index (χ1) is 5.46. The molecule has 0 saturated carbocycles. The minimum absolute atomic E-state index is 0.159. The Kier molecular flexibility index (Phi) is 2.18. The Bertz CT molecular complexity index is 268. The van der Waals surface area contributed by atoms with Crippen molar-refractivity contribution in [3.05, 3.63) is 17.8 Å². The molecule has 1 aromatic heterocycles. The van der Waals surface area contributed by atoms with E-state index in [-0.39, 0.29) is 5.41 Å². The van der Waals surface area contributed by atoms with Crippen molar-refractivity contribution in [1.82, 2.24) is 4.57 Å². The van der Waals surface area contributed by atoms with Crippen LogP contribution in [0.4, 0.5) is 0 Å². The molecule has 0 aliphatic heterocycles. The highest BCUT2D eigenvalue weighted by Crippen LogP contribution is 2.31. The molecule has 0 spiro atoms. The van der Waals surface area contributed by atoms with Gasteiger partial charge in [0.2, 0.25) is 0 Å². The summed E-state index contributed by atoms with van der Waals surface area (Å²) in [6.07, 6.45) is 2.03. The summed E-state index contributed by atoms with van der Waals surface area (Å²) in [4.78, 5) is 0. The molecule has 12 heavy (non-hydrogen) atoms. The lowest BCUT2D eigenvalue weighted by Gasteiger charge is -2.18. The minimum Gasteiger partial charge on any atom is -0.482 e. The van der Waals surface area contributed by atoms with E-state index in [2.05, 4.69) is 26.8 Å². The van der Waals surface area contributed by atoms with Gasteiger partial charge in [-0.1, -0.05) is 20.8 Å². The van der Waals surface area contributed by atoms with E-state index >= 15 is 0 Å². The first-order valence-corrected chi connectivity index (χ1v) is 4.16. The van der Waals surface area contributed by atoms with Gasteiger partial charge in [0, 0.05) is 18.8 Å². The molecule has 0 radical (unpaired) electrons. The van der Waals surface area contributed by atoms with Crippen molar-refractivity contribution in [3.63, 3.8) is 0 Å². The SMILES string of the molecule is COc1c(C(C)(C)C)ccn1C. The average Bonchev–Trinajstić information content (AvgIpc) is 2.29. The molecule has 0 unspecified atom stereocenters. The fourth-order valence-electron chi connectivity index (χ4n) is 1.34. The predicted molar refractivity (Wildman–Crippen MR) is 50.7 cm³/mol. The lowest BCUT2D eigenvalue weighted by molar-refractivity contribution is 0.368. The van der Waals surface area contributed by atoms with Crippen molar-refractivity contribution in [2.45, 2.75) is 26.2 Å². The smallest absolute Gasteiger partial charge is 0.196 e. The van der Waals surface area contributed by atoms with Crippen LogP contribution in [-0.4, -0.2) is 11.7 Å². The van der Waals surface area contributed by atoms with Crippen molar-refractivity contribution >= 4 is 0 Å². The molecule has 2 heteroatoms. The lowest BCUT2D eigenvalue weighted by atomic mass is 9.89. The molecule has 68 valence electrons. The van der Waals surface area contributed by atoms with Crippen LogP contribution < -0.4 is 4.74 Å². The van der Waals surface area contributed by atoms with Crippen LogP contribution in [0.3, 0.4) is 0 Å². The van der Waals surface area contributed by atoms with Gasteiger partial charge in [0.15, 0.2) is 5.88 Å². The van der Waals surface area contributed by atoms with E-state index in [0.29, 0.717) is 0 Å². The topological polar surface area (TPSA) is 14.2 Å². The molecule has 0 aliphatic carbocycles. The monoisotopic (exact) mass is 167 g/mol. The molecular weight excluding hydrogens is 150 g/mol. The van der Waals surface area contributed by atoms with Crippen LogP contribution in [0.5, 0.6) is 5.88 Å². The van der Waals surface area contributed by atoms with Gasteiger partial charge in [-0.3, -0.25) is 0 Å². The van der Waals surface area contributed by atoms with Gasteiger partial charge >= 0.3 is 0 Å². The van der Waals surface area contributed by atoms with Crippen molar-refractivity contribution in [2.75, 3.05) is 7.11 Å². The first kappa shape index (κ1) is 9.17. The van der Waals surface area contributed by atoms with E-state index in [4.69, 9.17) is 4.74 Å². The zero-order valence-corrected chi connectivity index (χ0v) is 8.51. The Morgan fingerprint density at radius 3 is 2.25 bits per heavy atom. The maximum atomic E-state index is 5.31. The number of aryl methyl sites for hydroxylation is 1. The predicted octanol–water partition coefficient (Wildman–Crippen LogP) is 2.33. The Balaban J connectivity index is 3.16. The first-order valence-electron chi connectivity index (χ1n) is 4.16. The molecule has 1 heterocycles. The summed E-state index contributed by atoms with van der Waals surface area (Å²) in [6, 6.07) is 2.11. The third-order valence-corrected chi connectivity index (χ3v) is 2.02. The molecule has 0 fully saturated rings. The summed E-state index contributed by atoms with van der Waals surface area (Å²) in [5, 5.41) is 0. The van der Waals surface area contributed by atoms with Crippen LogP contribution in [0.2, 0.25) is 0 Å². The van der Waals surface area contributed by atoms with E-state index in [1.807, 2.05) is 17.8 Å². The fourth-order valence-corrected chi connectivity index (χ4v) is 1.34. The zero-order valence-electron chi connectivity index (χ0n) is 8.51. The van der Waals surface area contributed by atoms with E-state index in [1.54, 1.807) is 7.11 Å². The van der Waals surface area contributed by atoms with E-state index < -0.39 is 0 Å². The highest BCUT2D eigenvalue weighted by molar-refractivity contribution is 5.34. The van der Waals surface area contributed by atoms with Gasteiger partial charge < -0.3 is 9.30 Å². The quantitative estimate of drug-likeness (QED) is 0.626. The number of hydrogen-bond acceptors (Lipinski definition) is 1. The lowest BCUT2D eigenvalue weighted by Crippen LogP contribution is -2.12. The largest absolute Gasteiger partial charge is 0.482 e. The summed E-state index contributed by atoms with van der Waals surface area (Å²) in [7, 11) is 3.71. The van der Waals surface area contributed by atoms with Gasteiger partial charge in [-0.15, -0.1) is 0 Å². The number of ether oxygens (including phenoxy) is 1. The Morgan fingerprint density at radius 2 is 1.92 bits per heavy atom. The number of methoxy groups -OCH3 is 1. The van der Waals surface area contributed by atoms with Crippen LogP contribution in [-0.2, 0) is 12.5 Å². The standard InChI is InChI=1S/C10H17NO/c1-10(2,3)8-6-7-11(4)9(8)12-5/h6-7H,1-5H3. The number of rotatable bonds is 1. The molecule has 0 aliphatic rings. The van der Waals surface area contributed by atoms with Gasteiger partial charge in [0.1, 0.15) is 0 Å². The van der Waals surface area contributed by atoms with Gasteiger partial charge in [0.25, 0.3) is 0 Å². The van der Waals surface area contributed by atoms with Crippen LogP contribution in [0.15, 0.2) is 12.3 Å². The second kappa shape index (κ2) is 2.85. The van der Waals surface area contributed by atoms with Crippen molar-refractivity contribution in [2.24, 2.45) is 7.05 Å². The van der Waals surface area contributed by atoms with Gasteiger partial charge in [0.05, 0.1) is 7.11 Å². The van der Waals surface area contributed by atoms with E-state index in [1.165, 1.54) is 5.56 Å². The van der Waals surface area contributed by atoms with Crippen LogP contribution >= 0.6 is 0 Å². The highest BCUT2D eigenvalue weighted by Gasteiger charge is 2.20. The molecule has 0 atom stereocenters. The van der Waals surface area contributed by atoms with Crippen molar-refractivity contribution in [1.29, 1.82) is 0 Å². The number of aromatic nitrogens is 1. The fraction of sp³-hybridized carbons (Fsp3) is 0.600. The Hall–Kier alpha value is -0.920. The molecule has 0 bridgehead atoms. The Labute approximate surface area is 74.2 Å². The van der Waals surface area contributed by atoms with Crippen molar-refractivity contribution < 1.29 is 4.74 Å². The maximum absolute atomic E-state index is 5.31. The third-order valence-electron chi connectivity index (χ3n) is 2.02. The van der Waals surface area contributed by atoms with Crippen molar-refractivity contribution in [3.8, 4) is 5.88 Å². The van der Waals surface area contributed by atoms with Gasteiger partial charge in [-0.05, 0) is 11.5 Å². The number of hydrogen-bond donors (Lipinski definition) is 0. The van der Waals surface area contributed by atoms with E-state index in [9.17, 15) is 0 Å². The van der Waals surface area contributed by atoms with Crippen LogP contribution in [0, 0.1) is 0 Å². The molecule has 1 rings (SSSR count). The Morgan fingerprint density at radius 1 is 1.33 bits per heavy atom. The zero-order chi connectivity index (χ0) is 9.35. The minimum atomic E-state index is 0.159. The molecule has 0 saturated heterocycles. The summed E-state index contributed by atoms with van der Waals surface area (Å²) in [5.74, 6) is 0.961. The van der Waals surface area contributed by atoms with Crippen LogP contribution in [0.1, 0.15) is 26.3 Å². The second-order valence-electron chi connectivity index (χ2n) is 4.10. The normalized spacial score (nSPS) is 11.8. The second-order valence-corrected chi connectivity index (χ2v) is 4.10. The van der Waals surface area contributed by atoms with E-state index in [0.717, 1.165) is 5.88 Å². The summed E-state index contributed by atoms with van der Waals surface area (Å²) >= 11 is 0. The third kappa shape index (κ3) is 1.47. The molecule has 1 aromatic rings. The summed E-state index contributed by atoms with van der Waals surface area (Å²) in [5.41, 5.74) is 1.42. The molecule has 2 nitrogen and oxygen atoms in total. The van der Waals surface area contributed by atoms with Gasteiger partial charge in [-0.2, -0.15) is 0 Å². The molecular formula is C10H17NO. The highest BCUT2D eigenvalue weighted by atomic mass is 16.5. The molecule has 0 amide bonds. The van der Waals surface area contributed by atoms with Crippen LogP contribution in [0.25, 0.3) is 0 Å². The average molecular weight is 167 g/mol. The molecule has 0 aromatic carbocycles. The summed E-state index contributed by atoms with van der Waals surface area (Å²) in [6.45, 7) is 6.56. The maximum Gasteiger partial charge on any atom is 0.196 e. The van der Waals surface area contributed by atoms with Gasteiger partial charge in [-0.25, -0.2) is 0 Å².